The van der Waals surface area contributed by atoms with Crippen LogP contribution >= 0.6 is 0 Å². The predicted octanol–water partition coefficient (Wildman–Crippen LogP) is 3.30. The molecule has 1 N–H and O–H groups in total. The van der Waals surface area contributed by atoms with E-state index in [9.17, 15) is 5.11 Å². The minimum Gasteiger partial charge on any atom is -0.508 e. The summed E-state index contributed by atoms with van der Waals surface area (Å²) in [6.45, 7) is 6.00. The number of hydrogen-bond acceptors (Lipinski definition) is 1. The number of phenolic OH excluding ortho intramolecular Hbond substituents is 1. The number of allylic oxidation sites excluding steroid dienone is 1. The third-order valence-electron chi connectivity index (χ3n) is 2.23. The Bertz CT molecular complexity index is 324. The fourth-order valence-corrected chi connectivity index (χ4v) is 1.34. The quantitative estimate of drug-likeness (QED) is 0.733. The van der Waals surface area contributed by atoms with Crippen molar-refractivity contribution in [2.45, 2.75) is 27.2 Å². The maximum atomic E-state index is 9.60. The van der Waals surface area contributed by atoms with Crippen molar-refractivity contribution in [1.29, 1.82) is 0 Å². The van der Waals surface area contributed by atoms with Crippen molar-refractivity contribution in [1.82, 2.24) is 0 Å². The third-order valence-corrected chi connectivity index (χ3v) is 2.23. The Morgan fingerprint density at radius 3 is 2.62 bits per heavy atom. The van der Waals surface area contributed by atoms with E-state index in [1.54, 1.807) is 0 Å². The zero-order valence-electron chi connectivity index (χ0n) is 8.46. The number of rotatable bonds is 2. The van der Waals surface area contributed by atoms with Gasteiger partial charge in [-0.3, -0.25) is 0 Å². The second-order valence-corrected chi connectivity index (χ2v) is 3.18. The summed E-state index contributed by atoms with van der Waals surface area (Å²) in [6.07, 6.45) is 4.97. The Labute approximate surface area is 79.7 Å². The maximum absolute atomic E-state index is 9.60. The van der Waals surface area contributed by atoms with Crippen molar-refractivity contribution >= 4 is 6.08 Å². The lowest BCUT2D eigenvalue weighted by Crippen LogP contribution is -1.87. The van der Waals surface area contributed by atoms with Crippen LogP contribution in [0.2, 0.25) is 0 Å². The zero-order chi connectivity index (χ0) is 9.84. The number of hydrogen-bond donors (Lipinski definition) is 1. The lowest BCUT2D eigenvalue weighted by atomic mass is 10.0. The van der Waals surface area contributed by atoms with Crippen molar-refractivity contribution in [3.8, 4) is 5.75 Å². The average Bonchev–Trinajstić information content (AvgIpc) is 2.13. The smallest absolute Gasteiger partial charge is 0.119 e. The predicted molar refractivity (Wildman–Crippen MR) is 56.9 cm³/mol. The molecule has 13 heavy (non-hydrogen) atoms. The van der Waals surface area contributed by atoms with Gasteiger partial charge in [0.25, 0.3) is 0 Å². The minimum atomic E-state index is 0.396. The van der Waals surface area contributed by atoms with Gasteiger partial charge >= 0.3 is 0 Å². The first kappa shape index (κ1) is 9.85. The van der Waals surface area contributed by atoms with Crippen LogP contribution in [0, 0.1) is 6.92 Å². The van der Waals surface area contributed by atoms with Crippen LogP contribution in [0.3, 0.4) is 0 Å². The van der Waals surface area contributed by atoms with Gasteiger partial charge in [0.2, 0.25) is 0 Å². The van der Waals surface area contributed by atoms with E-state index in [0.29, 0.717) is 5.75 Å². The van der Waals surface area contributed by atoms with E-state index in [1.807, 2.05) is 32.1 Å². The van der Waals surface area contributed by atoms with Gasteiger partial charge in [-0.05, 0) is 43.0 Å². The number of phenols is 1. The molecule has 1 aromatic rings. The van der Waals surface area contributed by atoms with Crippen LogP contribution in [0.15, 0.2) is 18.2 Å². The van der Waals surface area contributed by atoms with Gasteiger partial charge in [0.05, 0.1) is 0 Å². The fraction of sp³-hybridized carbons (Fsp3) is 0.333. The molecule has 1 nitrogen and oxygen atoms in total. The molecule has 70 valence electrons. The second kappa shape index (κ2) is 4.13. The normalized spacial score (nSPS) is 11.0. The summed E-state index contributed by atoms with van der Waals surface area (Å²) in [5.74, 6) is 0.396. The van der Waals surface area contributed by atoms with E-state index in [4.69, 9.17) is 0 Å². The minimum absolute atomic E-state index is 0.396. The zero-order valence-corrected chi connectivity index (χ0v) is 8.46. The van der Waals surface area contributed by atoms with Crippen molar-refractivity contribution in [2.24, 2.45) is 0 Å². The van der Waals surface area contributed by atoms with Crippen molar-refractivity contribution in [2.75, 3.05) is 0 Å². The summed E-state index contributed by atoms with van der Waals surface area (Å²) in [7, 11) is 0. The van der Waals surface area contributed by atoms with E-state index in [-0.39, 0.29) is 0 Å². The highest BCUT2D eigenvalue weighted by Gasteiger charge is 2.02. The van der Waals surface area contributed by atoms with Gasteiger partial charge in [-0.2, -0.15) is 0 Å². The lowest BCUT2D eigenvalue weighted by Gasteiger charge is -2.06. The molecule has 0 saturated heterocycles. The van der Waals surface area contributed by atoms with E-state index in [2.05, 4.69) is 13.0 Å². The van der Waals surface area contributed by atoms with E-state index in [1.165, 1.54) is 5.56 Å². The van der Waals surface area contributed by atoms with Crippen LogP contribution in [-0.2, 0) is 6.42 Å². The summed E-state index contributed by atoms with van der Waals surface area (Å²) in [5, 5.41) is 9.60. The number of benzene rings is 1. The van der Waals surface area contributed by atoms with E-state index in [0.717, 1.165) is 17.5 Å². The molecule has 0 radical (unpaired) electrons. The molecule has 0 aliphatic carbocycles. The molecule has 0 bridgehead atoms. The average molecular weight is 176 g/mol. The van der Waals surface area contributed by atoms with Gasteiger partial charge in [-0.25, -0.2) is 0 Å². The summed E-state index contributed by atoms with van der Waals surface area (Å²) in [4.78, 5) is 0. The molecule has 0 spiro atoms. The molecule has 0 saturated carbocycles. The molecular formula is C12H16O. The van der Waals surface area contributed by atoms with E-state index < -0.39 is 0 Å². The molecule has 0 fully saturated rings. The first-order chi connectivity index (χ1) is 6.19. The topological polar surface area (TPSA) is 20.2 Å². The third kappa shape index (κ3) is 2.11. The van der Waals surface area contributed by atoms with Crippen molar-refractivity contribution in [3.63, 3.8) is 0 Å². The Morgan fingerprint density at radius 1 is 1.38 bits per heavy atom. The summed E-state index contributed by atoms with van der Waals surface area (Å²) >= 11 is 0. The molecule has 0 unspecified atom stereocenters. The van der Waals surface area contributed by atoms with Crippen LogP contribution < -0.4 is 0 Å². The molecule has 1 heteroatoms. The highest BCUT2D eigenvalue weighted by Crippen LogP contribution is 2.23. The van der Waals surface area contributed by atoms with Crippen LogP contribution in [0.1, 0.15) is 30.5 Å². The molecule has 0 atom stereocenters. The van der Waals surface area contributed by atoms with Gasteiger partial charge in [0.1, 0.15) is 5.75 Å². The van der Waals surface area contributed by atoms with Gasteiger partial charge in [0, 0.05) is 0 Å². The van der Waals surface area contributed by atoms with Crippen LogP contribution in [-0.4, -0.2) is 5.11 Å². The molecule has 0 amide bonds. The number of aryl methyl sites for hydroxylation is 1. The van der Waals surface area contributed by atoms with Crippen molar-refractivity contribution in [3.05, 3.63) is 34.9 Å². The van der Waals surface area contributed by atoms with Gasteiger partial charge in [0.15, 0.2) is 0 Å². The largest absolute Gasteiger partial charge is 0.508 e. The van der Waals surface area contributed by atoms with Gasteiger partial charge in [-0.15, -0.1) is 0 Å². The summed E-state index contributed by atoms with van der Waals surface area (Å²) < 4.78 is 0. The molecule has 0 heterocycles. The van der Waals surface area contributed by atoms with Gasteiger partial charge < -0.3 is 5.11 Å². The first-order valence-electron chi connectivity index (χ1n) is 4.64. The number of aromatic hydroxyl groups is 1. The molecule has 1 rings (SSSR count). The lowest BCUT2D eigenvalue weighted by molar-refractivity contribution is 0.470. The Morgan fingerprint density at radius 2 is 2.08 bits per heavy atom. The summed E-state index contributed by atoms with van der Waals surface area (Å²) in [5.41, 5.74) is 3.24. The highest BCUT2D eigenvalue weighted by molar-refractivity contribution is 5.58. The Balaban J connectivity index is 3.24. The Kier molecular flexibility index (Phi) is 3.13. The Hall–Kier alpha value is -1.24. The molecular weight excluding hydrogens is 160 g/mol. The monoisotopic (exact) mass is 176 g/mol. The SMILES string of the molecule is C/C=C\c1cc(CC)cc(O)c1C. The highest BCUT2D eigenvalue weighted by atomic mass is 16.3. The van der Waals surface area contributed by atoms with Crippen molar-refractivity contribution < 1.29 is 5.11 Å². The second-order valence-electron chi connectivity index (χ2n) is 3.18. The molecule has 1 aromatic carbocycles. The summed E-state index contributed by atoms with van der Waals surface area (Å²) in [6, 6.07) is 3.96. The van der Waals surface area contributed by atoms with Crippen LogP contribution in [0.25, 0.3) is 6.08 Å². The van der Waals surface area contributed by atoms with E-state index >= 15 is 0 Å². The fourth-order valence-electron chi connectivity index (χ4n) is 1.34. The van der Waals surface area contributed by atoms with Crippen LogP contribution in [0.4, 0.5) is 0 Å². The maximum Gasteiger partial charge on any atom is 0.119 e. The van der Waals surface area contributed by atoms with Gasteiger partial charge in [-0.1, -0.05) is 25.1 Å². The molecule has 0 aliphatic heterocycles. The standard InChI is InChI=1S/C12H16O/c1-4-6-11-7-10(5-2)8-12(13)9(11)3/h4,6-8,13H,5H2,1-3H3/b6-4-. The molecule has 0 aliphatic rings. The van der Waals surface area contributed by atoms with Crippen LogP contribution in [0.5, 0.6) is 5.75 Å². The first-order valence-corrected chi connectivity index (χ1v) is 4.64. The molecule has 0 aromatic heterocycles.